The van der Waals surface area contributed by atoms with E-state index in [0.717, 1.165) is 23.1 Å². The van der Waals surface area contributed by atoms with Crippen molar-refractivity contribution in [3.05, 3.63) is 69.4 Å². The molecule has 0 unspecified atom stereocenters. The zero-order chi connectivity index (χ0) is 24.2. The van der Waals surface area contributed by atoms with Gasteiger partial charge in [-0.1, -0.05) is 12.1 Å². The predicted octanol–water partition coefficient (Wildman–Crippen LogP) is 0.881. The van der Waals surface area contributed by atoms with Crippen molar-refractivity contribution in [1.82, 2.24) is 28.2 Å². The minimum atomic E-state index is -0.911. The van der Waals surface area contributed by atoms with Gasteiger partial charge in [0.25, 0.3) is 5.56 Å². The highest BCUT2D eigenvalue weighted by Crippen LogP contribution is 2.18. The zero-order valence-electron chi connectivity index (χ0n) is 19.5. The third kappa shape index (κ3) is 4.88. The largest absolute Gasteiger partial charge is 0.491 e. The Morgan fingerprint density at radius 2 is 2.03 bits per heavy atom. The van der Waals surface area contributed by atoms with Crippen LogP contribution in [0.5, 0.6) is 5.75 Å². The Morgan fingerprint density at radius 3 is 2.76 bits per heavy atom. The van der Waals surface area contributed by atoms with E-state index in [1.54, 1.807) is 24.1 Å². The Bertz CT molecular complexity index is 1390. The zero-order valence-corrected chi connectivity index (χ0v) is 19.5. The van der Waals surface area contributed by atoms with E-state index < -0.39 is 17.4 Å². The average molecular weight is 468 g/mol. The molecule has 0 spiro atoms. The SMILES string of the molecule is Cc1cccc(OC[C@@H](O)Cn2c(NCCCn3ccnc3)nc3c2c(=O)n(C)c(=O)n3C)c1. The summed E-state index contributed by atoms with van der Waals surface area (Å²) in [6.45, 7) is 3.41. The molecule has 3 heterocycles. The summed E-state index contributed by atoms with van der Waals surface area (Å²) in [7, 11) is 3.00. The van der Waals surface area contributed by atoms with Gasteiger partial charge < -0.3 is 24.3 Å². The summed E-state index contributed by atoms with van der Waals surface area (Å²) in [4.78, 5) is 33.9. The van der Waals surface area contributed by atoms with Gasteiger partial charge >= 0.3 is 5.69 Å². The summed E-state index contributed by atoms with van der Waals surface area (Å²) < 4.78 is 11.7. The van der Waals surface area contributed by atoms with Crippen molar-refractivity contribution in [2.45, 2.75) is 32.5 Å². The lowest BCUT2D eigenvalue weighted by molar-refractivity contribution is 0.0938. The molecule has 4 aromatic rings. The molecule has 11 heteroatoms. The summed E-state index contributed by atoms with van der Waals surface area (Å²) in [5.74, 6) is 1.07. The number of hydrogen-bond acceptors (Lipinski definition) is 7. The van der Waals surface area contributed by atoms with E-state index >= 15 is 0 Å². The molecule has 11 nitrogen and oxygen atoms in total. The fourth-order valence-electron chi connectivity index (χ4n) is 3.80. The number of anilines is 1. The van der Waals surface area contributed by atoms with Crippen molar-refractivity contribution in [1.29, 1.82) is 0 Å². The number of aliphatic hydroxyl groups is 1. The van der Waals surface area contributed by atoms with E-state index in [1.165, 1.54) is 11.6 Å². The van der Waals surface area contributed by atoms with E-state index in [9.17, 15) is 14.7 Å². The summed E-state index contributed by atoms with van der Waals surface area (Å²) in [5.41, 5.74) is 0.633. The number of fused-ring (bicyclic) bond motifs is 1. The maximum absolute atomic E-state index is 13.0. The second kappa shape index (κ2) is 9.96. The number of imidazole rings is 2. The van der Waals surface area contributed by atoms with E-state index in [4.69, 9.17) is 4.74 Å². The first-order valence-electron chi connectivity index (χ1n) is 11.1. The Balaban J connectivity index is 1.57. The number of aryl methyl sites for hydroxylation is 3. The Labute approximate surface area is 195 Å². The molecular weight excluding hydrogens is 438 g/mol. The van der Waals surface area contributed by atoms with Gasteiger partial charge in [0, 0.05) is 39.6 Å². The smallest absolute Gasteiger partial charge is 0.332 e. The first kappa shape index (κ1) is 23.3. The minimum absolute atomic E-state index is 0.0370. The second-order valence-corrected chi connectivity index (χ2v) is 8.29. The predicted molar refractivity (Wildman–Crippen MR) is 128 cm³/mol. The molecule has 0 aliphatic carbocycles. The Morgan fingerprint density at radius 1 is 1.21 bits per heavy atom. The molecule has 0 aliphatic rings. The summed E-state index contributed by atoms with van der Waals surface area (Å²) >= 11 is 0. The number of nitrogens with zero attached hydrogens (tertiary/aromatic N) is 6. The number of hydrogen-bond donors (Lipinski definition) is 2. The topological polar surface area (TPSA) is 121 Å². The second-order valence-electron chi connectivity index (χ2n) is 8.29. The third-order valence-electron chi connectivity index (χ3n) is 5.61. The maximum atomic E-state index is 13.0. The van der Waals surface area contributed by atoms with Gasteiger partial charge in [0.2, 0.25) is 5.95 Å². The van der Waals surface area contributed by atoms with Crippen LogP contribution < -0.4 is 21.3 Å². The van der Waals surface area contributed by atoms with Crippen LogP contribution in [0.4, 0.5) is 5.95 Å². The standard InChI is InChI=1S/C23H29N7O4/c1-16-6-4-7-18(12-16)34-14-17(31)13-30-19-20(27(2)23(33)28(3)21(19)32)26-22(30)25-8-5-10-29-11-9-24-15-29/h4,6-7,9,11-12,15,17,31H,5,8,10,13-14H2,1-3H3,(H,25,26)/t17-/m0/s1. The molecule has 0 saturated carbocycles. The molecule has 0 aliphatic heterocycles. The van der Waals surface area contributed by atoms with Crippen LogP contribution in [0.3, 0.4) is 0 Å². The monoisotopic (exact) mass is 467 g/mol. The van der Waals surface area contributed by atoms with E-state index in [1.807, 2.05) is 42.0 Å². The lowest BCUT2D eigenvalue weighted by Gasteiger charge is -2.16. The van der Waals surface area contributed by atoms with Crippen LogP contribution in [0, 0.1) is 6.92 Å². The van der Waals surface area contributed by atoms with Crippen molar-refractivity contribution in [2.75, 3.05) is 18.5 Å². The molecule has 0 radical (unpaired) electrons. The quantitative estimate of drug-likeness (QED) is 0.332. The number of aliphatic hydroxyl groups excluding tert-OH is 1. The van der Waals surface area contributed by atoms with Gasteiger partial charge in [-0.2, -0.15) is 4.98 Å². The van der Waals surface area contributed by atoms with E-state index in [0.29, 0.717) is 18.2 Å². The third-order valence-corrected chi connectivity index (χ3v) is 5.61. The van der Waals surface area contributed by atoms with Crippen LogP contribution in [-0.2, 0) is 27.2 Å². The molecule has 0 bridgehead atoms. The van der Waals surface area contributed by atoms with Crippen LogP contribution >= 0.6 is 0 Å². The van der Waals surface area contributed by atoms with Crippen molar-refractivity contribution in [3.63, 3.8) is 0 Å². The van der Waals surface area contributed by atoms with Crippen LogP contribution in [-0.4, -0.2) is 52.6 Å². The molecule has 180 valence electrons. The normalized spacial score (nSPS) is 12.2. The summed E-state index contributed by atoms with van der Waals surface area (Å²) in [6.07, 6.45) is 5.24. The van der Waals surface area contributed by atoms with Crippen LogP contribution in [0.2, 0.25) is 0 Å². The Kier molecular flexibility index (Phi) is 6.82. The van der Waals surface area contributed by atoms with Gasteiger partial charge in [-0.25, -0.2) is 9.78 Å². The number of ether oxygens (including phenoxy) is 1. The lowest BCUT2D eigenvalue weighted by Crippen LogP contribution is -2.38. The van der Waals surface area contributed by atoms with Gasteiger partial charge in [-0.05, 0) is 31.0 Å². The highest BCUT2D eigenvalue weighted by Gasteiger charge is 2.21. The van der Waals surface area contributed by atoms with Crippen molar-refractivity contribution in [3.8, 4) is 5.75 Å². The van der Waals surface area contributed by atoms with Crippen molar-refractivity contribution >= 4 is 17.1 Å². The molecule has 0 fully saturated rings. The first-order valence-corrected chi connectivity index (χ1v) is 11.1. The fraction of sp³-hybridized carbons (Fsp3) is 0.391. The summed E-state index contributed by atoms with van der Waals surface area (Å²) in [5, 5.41) is 14.0. The average Bonchev–Trinajstić information content (AvgIpc) is 3.46. The fourth-order valence-corrected chi connectivity index (χ4v) is 3.80. The number of nitrogens with one attached hydrogen (secondary N) is 1. The first-order chi connectivity index (χ1) is 16.3. The molecule has 1 atom stereocenters. The number of rotatable bonds is 10. The molecule has 34 heavy (non-hydrogen) atoms. The van der Waals surface area contributed by atoms with Gasteiger partial charge in [0.05, 0.1) is 12.9 Å². The molecule has 0 saturated heterocycles. The lowest BCUT2D eigenvalue weighted by atomic mass is 10.2. The van der Waals surface area contributed by atoms with Gasteiger partial charge in [-0.15, -0.1) is 0 Å². The number of benzene rings is 1. The van der Waals surface area contributed by atoms with E-state index in [2.05, 4.69) is 15.3 Å². The van der Waals surface area contributed by atoms with Gasteiger partial charge in [0.15, 0.2) is 11.2 Å². The molecule has 4 rings (SSSR count). The van der Waals surface area contributed by atoms with Crippen LogP contribution in [0.1, 0.15) is 12.0 Å². The molecule has 2 N–H and O–H groups in total. The van der Waals surface area contributed by atoms with Crippen LogP contribution in [0.15, 0.2) is 52.6 Å². The Hall–Kier alpha value is -3.86. The molecule has 3 aromatic heterocycles. The van der Waals surface area contributed by atoms with Gasteiger partial charge in [0.1, 0.15) is 18.5 Å². The molecule has 0 amide bonds. The molecular formula is C23H29N7O4. The van der Waals surface area contributed by atoms with Crippen molar-refractivity contribution in [2.24, 2.45) is 14.1 Å². The van der Waals surface area contributed by atoms with E-state index in [-0.39, 0.29) is 24.3 Å². The highest BCUT2D eigenvalue weighted by molar-refractivity contribution is 5.74. The molecule has 1 aromatic carbocycles. The highest BCUT2D eigenvalue weighted by atomic mass is 16.5. The van der Waals surface area contributed by atoms with Crippen LogP contribution in [0.25, 0.3) is 11.2 Å². The van der Waals surface area contributed by atoms with Gasteiger partial charge in [-0.3, -0.25) is 13.9 Å². The van der Waals surface area contributed by atoms with Crippen molar-refractivity contribution < 1.29 is 9.84 Å². The minimum Gasteiger partial charge on any atom is -0.491 e. The number of aromatic nitrogens is 6. The summed E-state index contributed by atoms with van der Waals surface area (Å²) in [6, 6.07) is 7.56. The maximum Gasteiger partial charge on any atom is 0.332 e.